The molecule has 1 saturated carbocycles. The third-order valence-corrected chi connectivity index (χ3v) is 2.03. The number of hydrogen-bond donors (Lipinski definition) is 1. The van der Waals surface area contributed by atoms with Crippen LogP contribution in [0.1, 0.15) is 6.42 Å². The monoisotopic (exact) mass is 159 g/mol. The first-order valence-corrected chi connectivity index (χ1v) is 3.20. The van der Waals surface area contributed by atoms with E-state index in [-0.39, 0.29) is 6.42 Å². The summed E-state index contributed by atoms with van der Waals surface area (Å²) < 4.78 is 17.5. The second kappa shape index (κ2) is 2.04. The SMILES string of the molecule is C=C[C@]1(F)C[C@]1(N)C(=O)OC. The Morgan fingerprint density at radius 3 is 2.73 bits per heavy atom. The van der Waals surface area contributed by atoms with Crippen LogP contribution < -0.4 is 5.73 Å². The normalized spacial score (nSPS) is 41.4. The van der Waals surface area contributed by atoms with E-state index in [1.54, 1.807) is 0 Å². The molecule has 2 atom stereocenters. The second-order valence-electron chi connectivity index (χ2n) is 2.71. The van der Waals surface area contributed by atoms with Crippen molar-refractivity contribution in [3.63, 3.8) is 0 Å². The Morgan fingerprint density at radius 2 is 2.45 bits per heavy atom. The molecule has 0 aromatic heterocycles. The van der Waals surface area contributed by atoms with Gasteiger partial charge in [-0.05, 0) is 0 Å². The Labute approximate surface area is 64.0 Å². The summed E-state index contributed by atoms with van der Waals surface area (Å²) in [6.45, 7) is 3.24. The van der Waals surface area contributed by atoms with E-state index >= 15 is 0 Å². The van der Waals surface area contributed by atoms with Gasteiger partial charge in [0.1, 0.15) is 0 Å². The van der Waals surface area contributed by atoms with Crippen molar-refractivity contribution < 1.29 is 13.9 Å². The van der Waals surface area contributed by atoms with Gasteiger partial charge < -0.3 is 10.5 Å². The lowest BCUT2D eigenvalue weighted by Crippen LogP contribution is -2.40. The van der Waals surface area contributed by atoms with E-state index in [1.165, 1.54) is 7.11 Å². The molecular formula is C7H10FNO2. The molecule has 1 aliphatic rings. The van der Waals surface area contributed by atoms with Crippen LogP contribution in [0.15, 0.2) is 12.7 Å². The zero-order chi connectivity index (χ0) is 8.70. The summed E-state index contributed by atoms with van der Waals surface area (Å²) in [6.07, 6.45) is 1.01. The van der Waals surface area contributed by atoms with Gasteiger partial charge in [-0.1, -0.05) is 12.7 Å². The van der Waals surface area contributed by atoms with Crippen molar-refractivity contribution in [2.24, 2.45) is 5.73 Å². The molecule has 1 rings (SSSR count). The van der Waals surface area contributed by atoms with Crippen molar-refractivity contribution >= 4 is 5.97 Å². The molecule has 0 bridgehead atoms. The molecule has 3 nitrogen and oxygen atoms in total. The van der Waals surface area contributed by atoms with Crippen molar-refractivity contribution in [1.29, 1.82) is 0 Å². The minimum Gasteiger partial charge on any atom is -0.468 e. The second-order valence-corrected chi connectivity index (χ2v) is 2.71. The van der Waals surface area contributed by atoms with Gasteiger partial charge >= 0.3 is 5.97 Å². The number of ether oxygens (including phenoxy) is 1. The van der Waals surface area contributed by atoms with Gasteiger partial charge in [0.05, 0.1) is 7.11 Å². The fourth-order valence-electron chi connectivity index (χ4n) is 1.04. The Morgan fingerprint density at radius 1 is 1.91 bits per heavy atom. The summed E-state index contributed by atoms with van der Waals surface area (Å²) in [5, 5.41) is 0. The zero-order valence-corrected chi connectivity index (χ0v) is 6.26. The number of carbonyl (C=O) groups is 1. The summed E-state index contributed by atoms with van der Waals surface area (Å²) in [5.74, 6) is -0.722. The quantitative estimate of drug-likeness (QED) is 0.461. The molecule has 0 heterocycles. The molecule has 0 spiro atoms. The number of hydrogen-bond acceptors (Lipinski definition) is 3. The summed E-state index contributed by atoms with van der Waals surface area (Å²) >= 11 is 0. The standard InChI is InChI=1S/C7H10FNO2/c1-3-6(8)4-7(6,9)5(10)11-2/h3H,1,4,9H2,2H3/t6-,7-/m0/s1. The average molecular weight is 159 g/mol. The maximum Gasteiger partial charge on any atom is 0.329 e. The fourth-order valence-corrected chi connectivity index (χ4v) is 1.04. The lowest BCUT2D eigenvalue weighted by Gasteiger charge is -2.08. The molecule has 4 heteroatoms. The van der Waals surface area contributed by atoms with E-state index in [0.29, 0.717) is 0 Å². The first-order chi connectivity index (χ1) is 5.00. The number of nitrogens with two attached hydrogens (primary N) is 1. The van der Waals surface area contributed by atoms with Crippen LogP contribution in [0.25, 0.3) is 0 Å². The third kappa shape index (κ3) is 0.860. The van der Waals surface area contributed by atoms with Gasteiger partial charge in [0, 0.05) is 6.42 Å². The minimum atomic E-state index is -1.76. The predicted molar refractivity (Wildman–Crippen MR) is 37.6 cm³/mol. The van der Waals surface area contributed by atoms with Crippen molar-refractivity contribution in [1.82, 2.24) is 0 Å². The Hall–Kier alpha value is -0.900. The summed E-state index contributed by atoms with van der Waals surface area (Å²) in [4.78, 5) is 10.8. The van der Waals surface area contributed by atoms with Crippen molar-refractivity contribution in [2.75, 3.05) is 7.11 Å². The van der Waals surface area contributed by atoms with Gasteiger partial charge in [0.2, 0.25) is 0 Å². The van der Waals surface area contributed by atoms with E-state index in [9.17, 15) is 9.18 Å². The van der Waals surface area contributed by atoms with Crippen LogP contribution in [0, 0.1) is 0 Å². The summed E-state index contributed by atoms with van der Waals surface area (Å²) in [7, 11) is 1.18. The fraction of sp³-hybridized carbons (Fsp3) is 0.571. The van der Waals surface area contributed by atoms with Crippen molar-refractivity contribution in [3.05, 3.63) is 12.7 Å². The molecule has 0 unspecified atom stereocenters. The molecule has 62 valence electrons. The molecule has 1 aliphatic carbocycles. The average Bonchev–Trinajstić information content (AvgIpc) is 2.56. The highest BCUT2D eigenvalue weighted by Gasteiger charge is 2.71. The Bertz CT molecular complexity index is 218. The Balaban J connectivity index is 2.76. The van der Waals surface area contributed by atoms with Gasteiger partial charge in [0.25, 0.3) is 0 Å². The summed E-state index contributed by atoms with van der Waals surface area (Å²) in [6, 6.07) is 0. The zero-order valence-electron chi connectivity index (χ0n) is 6.26. The number of esters is 1. The minimum absolute atomic E-state index is 0.0316. The first kappa shape index (κ1) is 8.20. The van der Waals surface area contributed by atoms with E-state index < -0.39 is 17.2 Å². The molecule has 2 N–H and O–H groups in total. The third-order valence-electron chi connectivity index (χ3n) is 2.03. The largest absolute Gasteiger partial charge is 0.468 e. The molecule has 0 aliphatic heterocycles. The smallest absolute Gasteiger partial charge is 0.329 e. The number of halogens is 1. The lowest BCUT2D eigenvalue weighted by molar-refractivity contribution is -0.144. The van der Waals surface area contributed by atoms with Crippen LogP contribution in [0.2, 0.25) is 0 Å². The summed E-state index contributed by atoms with van der Waals surface area (Å²) in [5.41, 5.74) is 2.12. The van der Waals surface area contributed by atoms with E-state index in [4.69, 9.17) is 5.73 Å². The van der Waals surface area contributed by atoms with Crippen molar-refractivity contribution in [3.8, 4) is 0 Å². The molecule has 11 heavy (non-hydrogen) atoms. The van der Waals surface area contributed by atoms with Crippen molar-refractivity contribution in [2.45, 2.75) is 17.6 Å². The van der Waals surface area contributed by atoms with Gasteiger partial charge in [-0.15, -0.1) is 0 Å². The lowest BCUT2D eigenvalue weighted by atomic mass is 10.2. The van der Waals surface area contributed by atoms with Gasteiger partial charge in [-0.25, -0.2) is 9.18 Å². The number of methoxy groups -OCH3 is 1. The Kier molecular flexibility index (Phi) is 1.52. The van der Waals surface area contributed by atoms with Crippen LogP contribution in [-0.4, -0.2) is 24.3 Å². The van der Waals surface area contributed by atoms with Crippen LogP contribution >= 0.6 is 0 Å². The molecule has 0 radical (unpaired) electrons. The van der Waals surface area contributed by atoms with Gasteiger partial charge in [0.15, 0.2) is 11.2 Å². The van der Waals surface area contributed by atoms with E-state index in [2.05, 4.69) is 11.3 Å². The number of alkyl halides is 1. The van der Waals surface area contributed by atoms with E-state index in [0.717, 1.165) is 6.08 Å². The van der Waals surface area contributed by atoms with Crippen LogP contribution in [0.5, 0.6) is 0 Å². The molecule has 1 fully saturated rings. The van der Waals surface area contributed by atoms with Crippen LogP contribution in [0.3, 0.4) is 0 Å². The van der Waals surface area contributed by atoms with E-state index in [1.807, 2.05) is 0 Å². The highest BCUT2D eigenvalue weighted by Crippen LogP contribution is 2.50. The predicted octanol–water partition coefficient (Wildman–Crippen LogP) is 0.155. The maximum absolute atomic E-state index is 13.2. The van der Waals surface area contributed by atoms with Gasteiger partial charge in [-0.2, -0.15) is 0 Å². The van der Waals surface area contributed by atoms with Gasteiger partial charge in [-0.3, -0.25) is 0 Å². The highest BCUT2D eigenvalue weighted by atomic mass is 19.1. The first-order valence-electron chi connectivity index (χ1n) is 3.20. The highest BCUT2D eigenvalue weighted by molar-refractivity contribution is 5.88. The molecule has 0 aromatic rings. The number of carbonyl (C=O) groups excluding carboxylic acids is 1. The molecule has 0 saturated heterocycles. The maximum atomic E-state index is 13.2. The molecule has 0 aromatic carbocycles. The van der Waals surface area contributed by atoms with Crippen LogP contribution in [-0.2, 0) is 9.53 Å². The molecular weight excluding hydrogens is 149 g/mol. The molecule has 0 amide bonds. The topological polar surface area (TPSA) is 52.3 Å². The number of rotatable bonds is 2. The van der Waals surface area contributed by atoms with Crippen LogP contribution in [0.4, 0.5) is 4.39 Å².